The Morgan fingerprint density at radius 3 is 2.44 bits per heavy atom. The van der Waals surface area contributed by atoms with E-state index in [9.17, 15) is 30.3 Å². The van der Waals surface area contributed by atoms with Gasteiger partial charge >= 0.3 is 5.63 Å². The van der Waals surface area contributed by atoms with Crippen molar-refractivity contribution in [1.29, 1.82) is 0 Å². The zero-order chi connectivity index (χ0) is 23.0. The largest absolute Gasteiger partial charge is 0.504 e. The molecule has 5 atom stereocenters. The van der Waals surface area contributed by atoms with E-state index < -0.39 is 42.9 Å². The summed E-state index contributed by atoms with van der Waals surface area (Å²) in [5, 5.41) is 50.0. The summed E-state index contributed by atoms with van der Waals surface area (Å²) in [6.45, 7) is 1.58. The normalized spacial score (nSPS) is 33.2. The molecule has 1 saturated heterocycles. The average Bonchev–Trinajstić information content (AvgIpc) is 2.78. The maximum absolute atomic E-state index is 12.5. The van der Waals surface area contributed by atoms with Crippen molar-refractivity contribution in [2.45, 2.75) is 69.4 Å². The highest BCUT2D eigenvalue weighted by Gasteiger charge is 2.44. The van der Waals surface area contributed by atoms with Gasteiger partial charge in [0.1, 0.15) is 35.7 Å². The first kappa shape index (κ1) is 22.8. The molecule has 1 aromatic heterocycles. The number of hydrogen-bond acceptors (Lipinski definition) is 10. The second-order valence-corrected chi connectivity index (χ2v) is 8.54. The number of rotatable bonds is 5. The van der Waals surface area contributed by atoms with Crippen molar-refractivity contribution in [2.75, 3.05) is 6.61 Å². The molecule has 176 valence electrons. The zero-order valence-electron chi connectivity index (χ0n) is 17.6. The second-order valence-electron chi connectivity index (χ2n) is 8.54. The monoisotopic (exact) mass is 452 g/mol. The molecule has 2 fully saturated rings. The molecule has 0 radical (unpaired) electrons. The lowest BCUT2D eigenvalue weighted by atomic mass is 9.89. The van der Waals surface area contributed by atoms with Crippen molar-refractivity contribution in [3.05, 3.63) is 28.6 Å². The molecule has 5 N–H and O–H groups in total. The van der Waals surface area contributed by atoms with Gasteiger partial charge in [-0.25, -0.2) is 4.79 Å². The number of aliphatic hydroxyl groups excluding tert-OH is 4. The lowest BCUT2D eigenvalue weighted by Crippen LogP contribution is -2.60. The van der Waals surface area contributed by atoms with E-state index in [1.165, 1.54) is 18.2 Å². The molecule has 2 aromatic rings. The summed E-state index contributed by atoms with van der Waals surface area (Å²) in [5.41, 5.74) is -0.794. The van der Waals surface area contributed by atoms with Gasteiger partial charge in [0.25, 0.3) is 0 Å². The van der Waals surface area contributed by atoms with Crippen LogP contribution < -0.4 is 15.1 Å². The van der Waals surface area contributed by atoms with Gasteiger partial charge in [0.2, 0.25) is 12.0 Å². The Bertz CT molecular complexity index is 994. The van der Waals surface area contributed by atoms with Crippen molar-refractivity contribution in [2.24, 2.45) is 5.92 Å². The second kappa shape index (κ2) is 9.24. The number of benzene rings is 1. The van der Waals surface area contributed by atoms with Crippen molar-refractivity contribution in [3.63, 3.8) is 0 Å². The van der Waals surface area contributed by atoms with Gasteiger partial charge in [-0.2, -0.15) is 0 Å². The Kier molecular flexibility index (Phi) is 6.59. The molecule has 1 aliphatic heterocycles. The van der Waals surface area contributed by atoms with Gasteiger partial charge in [-0.1, -0.05) is 6.92 Å². The topological polar surface area (TPSA) is 159 Å². The minimum Gasteiger partial charge on any atom is -0.504 e. The molecule has 4 rings (SSSR count). The fourth-order valence-electron chi connectivity index (χ4n) is 4.14. The fraction of sp³-hybridized carbons (Fsp3) is 0.591. The van der Waals surface area contributed by atoms with Crippen LogP contribution in [-0.4, -0.2) is 68.9 Å². The molecule has 1 aromatic carbocycles. The van der Waals surface area contributed by atoms with Gasteiger partial charge in [-0.05, 0) is 43.7 Å². The van der Waals surface area contributed by atoms with Gasteiger partial charge in [-0.15, -0.1) is 0 Å². The van der Waals surface area contributed by atoms with Crippen LogP contribution in [-0.2, 0) is 4.74 Å². The first-order valence-electron chi connectivity index (χ1n) is 10.7. The summed E-state index contributed by atoms with van der Waals surface area (Å²) in [7, 11) is 0. The summed E-state index contributed by atoms with van der Waals surface area (Å²) in [5.74, 6) is 0.173. The Morgan fingerprint density at radius 1 is 1.03 bits per heavy atom. The molecule has 2 heterocycles. The number of fused-ring (bicyclic) bond motifs is 1. The zero-order valence-corrected chi connectivity index (χ0v) is 17.6. The molecule has 1 aliphatic carbocycles. The summed E-state index contributed by atoms with van der Waals surface area (Å²) < 4.78 is 21.9. The van der Waals surface area contributed by atoms with E-state index in [1.807, 2.05) is 0 Å². The van der Waals surface area contributed by atoms with Crippen LogP contribution in [0.4, 0.5) is 0 Å². The first-order chi connectivity index (χ1) is 15.3. The van der Waals surface area contributed by atoms with Crippen LogP contribution in [0.1, 0.15) is 32.6 Å². The smallest absolute Gasteiger partial charge is 0.383 e. The predicted octanol–water partition coefficient (Wildman–Crippen LogP) is 0.635. The first-order valence-corrected chi connectivity index (χ1v) is 10.7. The summed E-state index contributed by atoms with van der Waals surface area (Å²) in [6.07, 6.45) is -3.78. The minimum absolute atomic E-state index is 0.0270. The average molecular weight is 452 g/mol. The fourth-order valence-corrected chi connectivity index (χ4v) is 4.14. The summed E-state index contributed by atoms with van der Waals surface area (Å²) in [6, 6.07) is 4.24. The molecule has 0 spiro atoms. The van der Waals surface area contributed by atoms with E-state index in [0.717, 1.165) is 25.7 Å². The molecule has 10 heteroatoms. The molecule has 32 heavy (non-hydrogen) atoms. The van der Waals surface area contributed by atoms with E-state index in [2.05, 4.69) is 6.92 Å². The van der Waals surface area contributed by atoms with E-state index >= 15 is 0 Å². The van der Waals surface area contributed by atoms with Crippen LogP contribution in [0.15, 0.2) is 27.4 Å². The molecule has 0 amide bonds. The predicted molar refractivity (Wildman–Crippen MR) is 111 cm³/mol. The highest BCUT2D eigenvalue weighted by atomic mass is 16.7. The Balaban J connectivity index is 1.55. The van der Waals surface area contributed by atoms with Crippen LogP contribution in [0.25, 0.3) is 11.0 Å². The lowest BCUT2D eigenvalue weighted by molar-refractivity contribution is -0.277. The third-order valence-electron chi connectivity index (χ3n) is 6.16. The number of aromatic hydroxyl groups is 1. The van der Waals surface area contributed by atoms with Crippen LogP contribution in [0.3, 0.4) is 0 Å². The van der Waals surface area contributed by atoms with Crippen molar-refractivity contribution >= 4 is 11.0 Å². The van der Waals surface area contributed by atoms with Crippen molar-refractivity contribution in [1.82, 2.24) is 0 Å². The van der Waals surface area contributed by atoms with Gasteiger partial charge in [0.15, 0.2) is 5.75 Å². The molecule has 1 saturated carbocycles. The standard InChI is InChI=1S/C22H28O10/c1-10-2-4-11(5-3-10)29-20-16(24)13-7-6-12(8-14(13)31-21(20)28)30-22-19(27)18(26)17(25)15(9-23)32-22/h6-8,10-11,15,17-19,22-27H,2-5,9H2,1H3/t10?,11?,15-,17-,18+,19+,22+/m1/s1. The lowest BCUT2D eigenvalue weighted by Gasteiger charge is -2.39. The highest BCUT2D eigenvalue weighted by Crippen LogP contribution is 2.36. The van der Waals surface area contributed by atoms with Crippen molar-refractivity contribution in [3.8, 4) is 17.2 Å². The Labute approximate surface area is 183 Å². The van der Waals surface area contributed by atoms with E-state index in [0.29, 0.717) is 5.92 Å². The molecule has 2 aliphatic rings. The van der Waals surface area contributed by atoms with E-state index in [4.69, 9.17) is 18.6 Å². The van der Waals surface area contributed by atoms with Crippen LogP contribution in [0.2, 0.25) is 0 Å². The SMILES string of the molecule is CC1CCC(Oc2c(O)c3ccc(O[C@H]4O[C@H](CO)[C@@H](O)[C@H](O)[C@@H]4O)cc3oc2=O)CC1. The van der Waals surface area contributed by atoms with Crippen molar-refractivity contribution < 1.29 is 44.2 Å². The van der Waals surface area contributed by atoms with Crippen LogP contribution in [0.5, 0.6) is 17.2 Å². The quantitative estimate of drug-likeness (QED) is 0.407. The van der Waals surface area contributed by atoms with Crippen LogP contribution >= 0.6 is 0 Å². The summed E-state index contributed by atoms with van der Waals surface area (Å²) in [4.78, 5) is 12.5. The van der Waals surface area contributed by atoms with Gasteiger partial charge in [-0.3, -0.25) is 0 Å². The Hall–Kier alpha value is -2.37. The molecular formula is C22H28O10. The molecule has 0 unspecified atom stereocenters. The van der Waals surface area contributed by atoms with Gasteiger partial charge < -0.3 is 44.2 Å². The number of ether oxygens (including phenoxy) is 3. The number of aliphatic hydroxyl groups is 4. The maximum atomic E-state index is 12.5. The van der Waals surface area contributed by atoms with E-state index in [-0.39, 0.29) is 34.3 Å². The molecule has 10 nitrogen and oxygen atoms in total. The Morgan fingerprint density at radius 2 is 1.75 bits per heavy atom. The van der Waals surface area contributed by atoms with Gasteiger partial charge in [0, 0.05) is 6.07 Å². The third-order valence-corrected chi connectivity index (χ3v) is 6.16. The molecular weight excluding hydrogens is 424 g/mol. The van der Waals surface area contributed by atoms with Crippen LogP contribution in [0, 0.1) is 5.92 Å². The summed E-state index contributed by atoms with van der Waals surface area (Å²) >= 11 is 0. The highest BCUT2D eigenvalue weighted by molar-refractivity contribution is 5.86. The molecule has 0 bridgehead atoms. The van der Waals surface area contributed by atoms with E-state index in [1.54, 1.807) is 0 Å². The minimum atomic E-state index is -1.59. The maximum Gasteiger partial charge on any atom is 0.383 e. The van der Waals surface area contributed by atoms with Gasteiger partial charge in [0.05, 0.1) is 18.1 Å². The third kappa shape index (κ3) is 4.41. The number of hydrogen-bond donors (Lipinski definition) is 5.